The van der Waals surface area contributed by atoms with Gasteiger partial charge in [0.2, 0.25) is 5.91 Å². The number of fused-ring (bicyclic) bond motifs is 1. The molecule has 0 unspecified atom stereocenters. The highest BCUT2D eigenvalue weighted by Gasteiger charge is 2.23. The lowest BCUT2D eigenvalue weighted by Gasteiger charge is -2.17. The summed E-state index contributed by atoms with van der Waals surface area (Å²) >= 11 is 0. The Labute approximate surface area is 157 Å². The molecule has 0 atom stereocenters. The van der Waals surface area contributed by atoms with E-state index in [-0.39, 0.29) is 24.2 Å². The number of nitrogens with zero attached hydrogens (tertiary/aromatic N) is 2. The molecule has 0 spiro atoms. The monoisotopic (exact) mass is 375 g/mol. The Bertz CT molecular complexity index is 820. The minimum absolute atomic E-state index is 0. The van der Waals surface area contributed by atoms with Crippen molar-refractivity contribution in [3.8, 4) is 0 Å². The Morgan fingerprint density at radius 1 is 1.31 bits per heavy atom. The third kappa shape index (κ3) is 3.59. The minimum Gasteiger partial charge on any atom is -0.347 e. The Morgan fingerprint density at radius 3 is 3.00 bits per heavy atom. The zero-order chi connectivity index (χ0) is 17.2. The molecular weight excluding hydrogens is 354 g/mol. The molecule has 0 aliphatic carbocycles. The van der Waals surface area contributed by atoms with Gasteiger partial charge in [0.25, 0.3) is 5.91 Å². The molecule has 0 radical (unpaired) electrons. The molecule has 2 aliphatic rings. The van der Waals surface area contributed by atoms with Crippen molar-refractivity contribution in [3.05, 3.63) is 46.8 Å². The maximum absolute atomic E-state index is 12.5. The molecule has 2 aliphatic heterocycles. The van der Waals surface area contributed by atoms with Crippen molar-refractivity contribution in [2.75, 3.05) is 18.0 Å². The molecule has 4 rings (SSSR count). The summed E-state index contributed by atoms with van der Waals surface area (Å²) in [6.07, 6.45) is 2.37. The van der Waals surface area contributed by atoms with E-state index in [1.54, 1.807) is 4.90 Å². The summed E-state index contributed by atoms with van der Waals surface area (Å²) in [6, 6.07) is 7.77. The van der Waals surface area contributed by atoms with Gasteiger partial charge in [0.05, 0.1) is 0 Å². The topological polar surface area (TPSA) is 90.1 Å². The molecule has 1 fully saturated rings. The Hall–Kier alpha value is -2.38. The second kappa shape index (κ2) is 7.88. The van der Waals surface area contributed by atoms with Crippen LogP contribution in [0.1, 0.15) is 40.2 Å². The van der Waals surface area contributed by atoms with E-state index in [4.69, 9.17) is 0 Å². The fourth-order valence-electron chi connectivity index (χ4n) is 3.43. The standard InChI is InChI=1S/C18H21N5O2.ClH/c24-16-5-2-8-23(16)13-4-1-3-12(9-13)10-20-18(25)17-14-11-19-7-6-15(14)21-22-17;/h1,3-4,9,19H,2,5-8,10-11H2,(H,20,25)(H,21,22);1H. The largest absolute Gasteiger partial charge is 0.347 e. The lowest BCUT2D eigenvalue weighted by molar-refractivity contribution is -0.117. The number of amides is 2. The lowest BCUT2D eigenvalue weighted by atomic mass is 10.1. The van der Waals surface area contributed by atoms with E-state index in [1.807, 2.05) is 24.3 Å². The van der Waals surface area contributed by atoms with Crippen LogP contribution >= 0.6 is 12.4 Å². The Kier molecular flexibility index (Phi) is 5.58. The molecule has 138 valence electrons. The lowest BCUT2D eigenvalue weighted by Crippen LogP contribution is -2.28. The fourth-order valence-corrected chi connectivity index (χ4v) is 3.43. The molecule has 3 N–H and O–H groups in total. The zero-order valence-electron chi connectivity index (χ0n) is 14.4. The van der Waals surface area contributed by atoms with Crippen molar-refractivity contribution in [2.24, 2.45) is 0 Å². The van der Waals surface area contributed by atoms with Gasteiger partial charge in [-0.2, -0.15) is 5.10 Å². The smallest absolute Gasteiger partial charge is 0.272 e. The van der Waals surface area contributed by atoms with E-state index in [0.29, 0.717) is 25.2 Å². The van der Waals surface area contributed by atoms with Gasteiger partial charge in [-0.3, -0.25) is 14.7 Å². The van der Waals surface area contributed by atoms with Gasteiger partial charge in [-0.05, 0) is 24.1 Å². The number of hydrogen-bond donors (Lipinski definition) is 3. The van der Waals surface area contributed by atoms with Crippen LogP contribution in [0.4, 0.5) is 5.69 Å². The highest BCUT2D eigenvalue weighted by atomic mass is 35.5. The number of carbonyl (C=O) groups excluding carboxylic acids is 2. The van der Waals surface area contributed by atoms with Gasteiger partial charge < -0.3 is 15.5 Å². The predicted octanol–water partition coefficient (Wildman–Crippen LogP) is 1.53. The SMILES string of the molecule is Cl.O=C(NCc1cccc(N2CCCC2=O)c1)c1n[nH]c2c1CNCC2. The minimum atomic E-state index is -0.177. The van der Waals surface area contributed by atoms with Gasteiger partial charge in [0.1, 0.15) is 0 Å². The molecule has 0 saturated carbocycles. The van der Waals surface area contributed by atoms with E-state index in [0.717, 1.165) is 48.4 Å². The van der Waals surface area contributed by atoms with E-state index in [1.165, 1.54) is 0 Å². The van der Waals surface area contributed by atoms with Crippen LogP contribution in [0.3, 0.4) is 0 Å². The number of H-pyrrole nitrogens is 1. The number of aromatic amines is 1. The second-order valence-electron chi connectivity index (χ2n) is 6.46. The van der Waals surface area contributed by atoms with Gasteiger partial charge in [-0.1, -0.05) is 12.1 Å². The van der Waals surface area contributed by atoms with Gasteiger partial charge in [-0.25, -0.2) is 0 Å². The number of aromatic nitrogens is 2. The highest BCUT2D eigenvalue weighted by Crippen LogP contribution is 2.22. The van der Waals surface area contributed by atoms with Crippen LogP contribution in [0, 0.1) is 0 Å². The number of carbonyl (C=O) groups is 2. The van der Waals surface area contributed by atoms with E-state index >= 15 is 0 Å². The summed E-state index contributed by atoms with van der Waals surface area (Å²) in [4.78, 5) is 26.1. The molecule has 7 nitrogen and oxygen atoms in total. The van der Waals surface area contributed by atoms with Crippen LogP contribution in [-0.4, -0.2) is 35.1 Å². The third-order valence-corrected chi connectivity index (χ3v) is 4.77. The number of rotatable bonds is 4. The summed E-state index contributed by atoms with van der Waals surface area (Å²) < 4.78 is 0. The van der Waals surface area contributed by atoms with Crippen LogP contribution in [0.2, 0.25) is 0 Å². The van der Waals surface area contributed by atoms with Crippen LogP contribution in [0.15, 0.2) is 24.3 Å². The van der Waals surface area contributed by atoms with E-state index in [9.17, 15) is 9.59 Å². The molecule has 1 aromatic heterocycles. The van der Waals surface area contributed by atoms with Crippen molar-refractivity contribution in [2.45, 2.75) is 32.4 Å². The molecule has 2 amide bonds. The van der Waals surface area contributed by atoms with Crippen molar-refractivity contribution in [1.82, 2.24) is 20.8 Å². The number of halogens is 1. The summed E-state index contributed by atoms with van der Waals surface area (Å²) in [5, 5.41) is 13.3. The van der Waals surface area contributed by atoms with E-state index in [2.05, 4.69) is 20.8 Å². The molecule has 26 heavy (non-hydrogen) atoms. The fraction of sp³-hybridized carbons (Fsp3) is 0.389. The quantitative estimate of drug-likeness (QED) is 0.756. The summed E-state index contributed by atoms with van der Waals surface area (Å²) in [5.74, 6) is -0.0133. The van der Waals surface area contributed by atoms with Gasteiger partial charge in [0, 0.05) is 56.0 Å². The van der Waals surface area contributed by atoms with Crippen molar-refractivity contribution in [1.29, 1.82) is 0 Å². The number of hydrogen-bond acceptors (Lipinski definition) is 4. The molecule has 3 heterocycles. The number of benzene rings is 1. The van der Waals surface area contributed by atoms with E-state index < -0.39 is 0 Å². The third-order valence-electron chi connectivity index (χ3n) is 4.77. The number of anilines is 1. The summed E-state index contributed by atoms with van der Waals surface area (Å²) in [6.45, 7) is 2.74. The van der Waals surface area contributed by atoms with Gasteiger partial charge in [-0.15, -0.1) is 12.4 Å². The average Bonchev–Trinajstić information content (AvgIpc) is 3.26. The van der Waals surface area contributed by atoms with Crippen LogP contribution in [-0.2, 0) is 24.3 Å². The van der Waals surface area contributed by atoms with Crippen molar-refractivity contribution >= 4 is 29.9 Å². The normalized spacial score (nSPS) is 16.2. The average molecular weight is 376 g/mol. The summed E-state index contributed by atoms with van der Waals surface area (Å²) in [5.41, 5.74) is 4.33. The van der Waals surface area contributed by atoms with Crippen molar-refractivity contribution in [3.63, 3.8) is 0 Å². The molecule has 8 heteroatoms. The molecule has 2 aromatic rings. The van der Waals surface area contributed by atoms with Gasteiger partial charge >= 0.3 is 0 Å². The summed E-state index contributed by atoms with van der Waals surface area (Å²) in [7, 11) is 0. The first kappa shape index (κ1) is 18.4. The second-order valence-corrected chi connectivity index (χ2v) is 6.46. The highest BCUT2D eigenvalue weighted by molar-refractivity contribution is 5.95. The first-order valence-electron chi connectivity index (χ1n) is 8.67. The maximum atomic E-state index is 12.5. The molecule has 0 bridgehead atoms. The first-order chi connectivity index (χ1) is 12.2. The predicted molar refractivity (Wildman–Crippen MR) is 100 cm³/mol. The first-order valence-corrected chi connectivity index (χ1v) is 8.67. The molecule has 1 saturated heterocycles. The zero-order valence-corrected chi connectivity index (χ0v) is 15.2. The molecule has 1 aromatic carbocycles. The Balaban J connectivity index is 0.00000196. The van der Waals surface area contributed by atoms with Crippen LogP contribution in [0.5, 0.6) is 0 Å². The Morgan fingerprint density at radius 2 is 2.19 bits per heavy atom. The van der Waals surface area contributed by atoms with Gasteiger partial charge in [0.15, 0.2) is 5.69 Å². The van der Waals surface area contributed by atoms with Crippen LogP contribution in [0.25, 0.3) is 0 Å². The number of nitrogens with one attached hydrogen (secondary N) is 3. The maximum Gasteiger partial charge on any atom is 0.272 e. The van der Waals surface area contributed by atoms with Crippen LogP contribution < -0.4 is 15.5 Å². The molecular formula is C18H22ClN5O2. The van der Waals surface area contributed by atoms with Crippen molar-refractivity contribution < 1.29 is 9.59 Å².